The first kappa shape index (κ1) is 26.8. The highest BCUT2D eigenvalue weighted by atomic mass is 32.1. The number of ether oxygens (including phenoxy) is 1. The van der Waals surface area contributed by atoms with E-state index in [2.05, 4.69) is 10.3 Å². The fourth-order valence-electron chi connectivity index (χ4n) is 2.83. The van der Waals surface area contributed by atoms with Gasteiger partial charge in [0.1, 0.15) is 23.2 Å². The predicted octanol–water partition coefficient (Wildman–Crippen LogP) is 0.175. The lowest BCUT2D eigenvalue weighted by molar-refractivity contribution is -0.148. The number of ketones is 1. The molecule has 1 aromatic heterocycles. The summed E-state index contributed by atoms with van der Waals surface area (Å²) < 4.78 is 5.74. The molecule has 1 amide bonds. The summed E-state index contributed by atoms with van der Waals surface area (Å²) in [4.78, 5) is 50.5. The molecule has 2 aromatic rings. The van der Waals surface area contributed by atoms with Crippen LogP contribution in [0.2, 0.25) is 0 Å². The number of amides is 1. The molecule has 0 radical (unpaired) electrons. The molecule has 1 atom stereocenters. The zero-order valence-electron chi connectivity index (χ0n) is 18.3. The zero-order chi connectivity index (χ0) is 26.1. The standard InChI is InChI=1S/C21H24N6O7S/c22-18(23)11-2-1-10(7-13(28)20(32)33)14(8-11)34-9-12(3-6-17(29)30)26-19(31)15-4-5-16(35-15)27-21(24)25/h1-2,4-5,8,12H,3,6-7,9H2,(H3,22,23)(H,26,31)(H,29,30)(H,32,33)(H4,24,25,27)/t12-/m1/s1. The molecule has 13 nitrogen and oxygen atoms in total. The van der Waals surface area contributed by atoms with E-state index >= 15 is 0 Å². The fourth-order valence-corrected chi connectivity index (χ4v) is 3.63. The number of hydrogen-bond acceptors (Lipinski definition) is 8. The Hall–Kier alpha value is -4.46. The molecule has 14 heteroatoms. The van der Waals surface area contributed by atoms with Gasteiger partial charge in [0, 0.05) is 24.0 Å². The highest BCUT2D eigenvalue weighted by Gasteiger charge is 2.20. The smallest absolute Gasteiger partial charge is 0.372 e. The number of hydrogen-bond donors (Lipinski definition) is 7. The lowest BCUT2D eigenvalue weighted by atomic mass is 10.0. The highest BCUT2D eigenvalue weighted by Crippen LogP contribution is 2.25. The number of nitrogens with zero attached hydrogens (tertiary/aromatic N) is 1. The van der Waals surface area contributed by atoms with E-state index in [4.69, 9.17) is 37.6 Å². The molecule has 0 unspecified atom stereocenters. The monoisotopic (exact) mass is 504 g/mol. The molecule has 0 aliphatic carbocycles. The van der Waals surface area contributed by atoms with Crippen LogP contribution in [0.25, 0.3) is 0 Å². The fraction of sp³-hybridized carbons (Fsp3) is 0.238. The van der Waals surface area contributed by atoms with Crippen molar-refractivity contribution >= 4 is 51.8 Å². The number of nitrogen functional groups attached to an aromatic ring is 1. The summed E-state index contributed by atoms with van der Waals surface area (Å²) in [7, 11) is 0. The number of guanidine groups is 1. The molecule has 1 heterocycles. The van der Waals surface area contributed by atoms with Crippen LogP contribution >= 0.6 is 11.3 Å². The van der Waals surface area contributed by atoms with Gasteiger partial charge in [-0.15, -0.1) is 11.3 Å². The Kier molecular flexibility index (Phi) is 9.28. The van der Waals surface area contributed by atoms with Crippen molar-refractivity contribution in [3.05, 3.63) is 46.3 Å². The summed E-state index contributed by atoms with van der Waals surface area (Å²) in [6.07, 6.45) is -0.726. The van der Waals surface area contributed by atoms with Gasteiger partial charge in [-0.2, -0.15) is 0 Å². The van der Waals surface area contributed by atoms with Crippen LogP contribution in [0.1, 0.15) is 33.6 Å². The van der Waals surface area contributed by atoms with E-state index < -0.39 is 36.1 Å². The van der Waals surface area contributed by atoms with Crippen molar-refractivity contribution < 1.29 is 34.1 Å². The third-order valence-electron chi connectivity index (χ3n) is 4.50. The van der Waals surface area contributed by atoms with Gasteiger partial charge in [0.2, 0.25) is 5.78 Å². The molecule has 0 aliphatic rings. The van der Waals surface area contributed by atoms with Gasteiger partial charge < -0.3 is 37.5 Å². The minimum atomic E-state index is -1.62. The Bertz CT molecular complexity index is 1170. The van der Waals surface area contributed by atoms with Crippen LogP contribution in [-0.4, -0.2) is 58.3 Å². The van der Waals surface area contributed by atoms with E-state index in [1.54, 1.807) is 6.07 Å². The molecular formula is C21H24N6O7S. The second kappa shape index (κ2) is 12.1. The van der Waals surface area contributed by atoms with Gasteiger partial charge >= 0.3 is 11.9 Å². The Balaban J connectivity index is 2.22. The molecule has 10 N–H and O–H groups in total. The van der Waals surface area contributed by atoms with Crippen molar-refractivity contribution in [3.8, 4) is 5.75 Å². The second-order valence-corrected chi connectivity index (χ2v) is 8.29. The zero-order valence-corrected chi connectivity index (χ0v) is 19.1. The number of aliphatic carboxylic acids is 2. The van der Waals surface area contributed by atoms with Crippen molar-refractivity contribution in [2.75, 3.05) is 6.61 Å². The SMILES string of the molecule is N=C(N)c1ccc(CC(=O)C(=O)O)c(OC[C@@H](CCC(=O)O)NC(=O)c2ccc(N=C(N)N)s2)c1. The third kappa shape index (κ3) is 8.43. The molecule has 0 bridgehead atoms. The average Bonchev–Trinajstić information content (AvgIpc) is 3.23. The lowest BCUT2D eigenvalue weighted by Gasteiger charge is -2.20. The normalized spacial score (nSPS) is 11.2. The molecule has 0 saturated carbocycles. The summed E-state index contributed by atoms with van der Waals surface area (Å²) >= 11 is 1.02. The van der Waals surface area contributed by atoms with Crippen LogP contribution in [0.4, 0.5) is 5.00 Å². The number of rotatable bonds is 13. The number of Topliss-reactive ketones (excluding diaryl/α,β-unsaturated/α-hetero) is 1. The topological polar surface area (TPSA) is 244 Å². The number of carboxylic acid groups (broad SMARTS) is 2. The van der Waals surface area contributed by atoms with E-state index in [-0.39, 0.29) is 53.0 Å². The number of carbonyl (C=O) groups excluding carboxylic acids is 2. The average molecular weight is 505 g/mol. The minimum Gasteiger partial charge on any atom is -0.491 e. The number of nitrogens with one attached hydrogen (secondary N) is 2. The maximum Gasteiger partial charge on any atom is 0.372 e. The summed E-state index contributed by atoms with van der Waals surface area (Å²) in [6, 6.07) is 6.49. The first-order valence-electron chi connectivity index (χ1n) is 10.0. The number of carboxylic acids is 2. The molecule has 0 saturated heterocycles. The van der Waals surface area contributed by atoms with E-state index in [9.17, 15) is 19.2 Å². The molecule has 0 spiro atoms. The predicted molar refractivity (Wildman–Crippen MR) is 127 cm³/mol. The maximum absolute atomic E-state index is 12.7. The first-order valence-corrected chi connectivity index (χ1v) is 10.9. The van der Waals surface area contributed by atoms with Crippen molar-refractivity contribution in [2.45, 2.75) is 25.3 Å². The molecule has 2 rings (SSSR count). The highest BCUT2D eigenvalue weighted by molar-refractivity contribution is 7.17. The van der Waals surface area contributed by atoms with Gasteiger partial charge in [-0.05, 0) is 24.6 Å². The number of carbonyl (C=O) groups is 4. The molecule has 186 valence electrons. The third-order valence-corrected chi connectivity index (χ3v) is 5.48. The van der Waals surface area contributed by atoms with Crippen LogP contribution in [-0.2, 0) is 20.8 Å². The number of amidine groups is 1. The van der Waals surface area contributed by atoms with Crippen LogP contribution in [0, 0.1) is 5.41 Å². The molecule has 0 aliphatic heterocycles. The number of nitrogens with two attached hydrogens (primary N) is 3. The Labute approximate surface area is 203 Å². The summed E-state index contributed by atoms with van der Waals surface area (Å²) in [5.74, 6) is -4.66. The van der Waals surface area contributed by atoms with Crippen LogP contribution in [0.5, 0.6) is 5.75 Å². The van der Waals surface area contributed by atoms with Crippen molar-refractivity contribution in [2.24, 2.45) is 22.2 Å². The van der Waals surface area contributed by atoms with Crippen LogP contribution < -0.4 is 27.3 Å². The number of benzene rings is 1. The lowest BCUT2D eigenvalue weighted by Crippen LogP contribution is -2.39. The molecule has 35 heavy (non-hydrogen) atoms. The second-order valence-electron chi connectivity index (χ2n) is 7.23. The largest absolute Gasteiger partial charge is 0.491 e. The van der Waals surface area contributed by atoms with E-state index in [1.165, 1.54) is 24.3 Å². The van der Waals surface area contributed by atoms with Crippen molar-refractivity contribution in [1.82, 2.24) is 5.32 Å². The van der Waals surface area contributed by atoms with Crippen molar-refractivity contribution in [1.29, 1.82) is 5.41 Å². The van der Waals surface area contributed by atoms with Gasteiger partial charge in [0.15, 0.2) is 5.96 Å². The number of aliphatic imine (C=N–C) groups is 1. The van der Waals surface area contributed by atoms with E-state index in [0.717, 1.165) is 11.3 Å². The quantitative estimate of drug-likeness (QED) is 0.111. The Morgan fingerprint density at radius 3 is 2.43 bits per heavy atom. The Morgan fingerprint density at radius 2 is 1.83 bits per heavy atom. The first-order chi connectivity index (χ1) is 16.5. The molecule has 0 fully saturated rings. The van der Waals surface area contributed by atoms with Gasteiger partial charge in [-0.1, -0.05) is 12.1 Å². The molecular weight excluding hydrogens is 480 g/mol. The maximum atomic E-state index is 12.7. The number of thiophene rings is 1. The summed E-state index contributed by atoms with van der Waals surface area (Å²) in [5.41, 5.74) is 16.7. The van der Waals surface area contributed by atoms with Crippen molar-refractivity contribution in [3.63, 3.8) is 0 Å². The van der Waals surface area contributed by atoms with Gasteiger partial charge in [-0.3, -0.25) is 19.8 Å². The minimum absolute atomic E-state index is 0.0169. The summed E-state index contributed by atoms with van der Waals surface area (Å²) in [6.45, 7) is -0.208. The van der Waals surface area contributed by atoms with Gasteiger partial charge in [0.25, 0.3) is 5.91 Å². The van der Waals surface area contributed by atoms with Crippen LogP contribution in [0.3, 0.4) is 0 Å². The van der Waals surface area contributed by atoms with E-state index in [0.29, 0.717) is 5.00 Å². The summed E-state index contributed by atoms with van der Waals surface area (Å²) in [5, 5.41) is 28.6. The van der Waals surface area contributed by atoms with Gasteiger partial charge in [0.05, 0.1) is 10.9 Å². The van der Waals surface area contributed by atoms with Crippen LogP contribution in [0.15, 0.2) is 35.3 Å². The Morgan fingerprint density at radius 1 is 1.11 bits per heavy atom. The van der Waals surface area contributed by atoms with E-state index in [1.807, 2.05) is 0 Å². The van der Waals surface area contributed by atoms with Gasteiger partial charge in [-0.25, -0.2) is 9.79 Å². The molecule has 1 aromatic carbocycles.